The Morgan fingerprint density at radius 3 is 2.71 bits per heavy atom. The van der Waals surface area contributed by atoms with Crippen LogP contribution < -0.4 is 10.1 Å². The van der Waals surface area contributed by atoms with E-state index in [1.54, 1.807) is 0 Å². The molecule has 0 amide bonds. The van der Waals surface area contributed by atoms with Crippen molar-refractivity contribution in [1.29, 1.82) is 0 Å². The van der Waals surface area contributed by atoms with Gasteiger partial charge in [0.2, 0.25) is 5.88 Å². The molecule has 3 nitrogen and oxygen atoms in total. The fourth-order valence-corrected chi connectivity index (χ4v) is 2.70. The third kappa shape index (κ3) is 4.60. The van der Waals surface area contributed by atoms with Crippen LogP contribution >= 0.6 is 23.2 Å². The number of fused-ring (bicyclic) bond motifs is 1. The molecule has 0 spiro atoms. The zero-order chi connectivity index (χ0) is 16.8. The van der Waals surface area contributed by atoms with Crippen molar-refractivity contribution in [2.75, 3.05) is 13.2 Å². The van der Waals surface area contributed by atoms with Crippen LogP contribution in [-0.2, 0) is 6.54 Å². The third-order valence-electron chi connectivity index (χ3n) is 3.63. The topological polar surface area (TPSA) is 34.1 Å². The highest BCUT2D eigenvalue weighted by Crippen LogP contribution is 2.22. The Balaban J connectivity index is 1.39. The Morgan fingerprint density at radius 2 is 1.83 bits per heavy atom. The minimum atomic E-state index is 0.580. The number of para-hydroxylation sites is 1. The van der Waals surface area contributed by atoms with Gasteiger partial charge in [0.25, 0.3) is 0 Å². The van der Waals surface area contributed by atoms with E-state index in [-0.39, 0.29) is 0 Å². The number of hydrogen-bond donors (Lipinski definition) is 1. The predicted molar refractivity (Wildman–Crippen MR) is 100 cm³/mol. The standard InChI is InChI=1S/C19H18Cl2N2O/c20-16-8-6-14(12-17(16)21)13-22-10-3-11-24-19-9-7-15-4-1-2-5-18(15)23-19/h1-2,4-9,12,22H,3,10-11,13H2. The first-order chi connectivity index (χ1) is 11.7. The quantitative estimate of drug-likeness (QED) is 0.595. The van der Waals surface area contributed by atoms with Gasteiger partial charge >= 0.3 is 0 Å². The first-order valence-electron chi connectivity index (χ1n) is 7.85. The summed E-state index contributed by atoms with van der Waals surface area (Å²) in [6.07, 6.45) is 0.899. The molecule has 3 rings (SSSR count). The van der Waals surface area contributed by atoms with E-state index in [0.29, 0.717) is 22.5 Å². The Labute approximate surface area is 151 Å². The highest BCUT2D eigenvalue weighted by Gasteiger charge is 2.00. The molecule has 124 valence electrons. The molecule has 0 saturated carbocycles. The Kier molecular flexibility index (Phi) is 5.91. The maximum absolute atomic E-state index is 6.00. The summed E-state index contributed by atoms with van der Waals surface area (Å²) in [7, 11) is 0. The average Bonchev–Trinajstić information content (AvgIpc) is 2.61. The molecule has 1 aromatic heterocycles. The number of hydrogen-bond acceptors (Lipinski definition) is 3. The maximum Gasteiger partial charge on any atom is 0.213 e. The second-order valence-electron chi connectivity index (χ2n) is 5.47. The summed E-state index contributed by atoms with van der Waals surface area (Å²) in [5, 5.41) is 5.65. The van der Waals surface area contributed by atoms with Gasteiger partial charge in [-0.15, -0.1) is 0 Å². The van der Waals surface area contributed by atoms with Crippen LogP contribution in [0.4, 0.5) is 0 Å². The van der Waals surface area contributed by atoms with Gasteiger partial charge in [0.15, 0.2) is 0 Å². The number of ether oxygens (including phenoxy) is 1. The minimum absolute atomic E-state index is 0.580. The zero-order valence-electron chi connectivity index (χ0n) is 13.1. The summed E-state index contributed by atoms with van der Waals surface area (Å²) in [5.74, 6) is 0.665. The summed E-state index contributed by atoms with van der Waals surface area (Å²) in [4.78, 5) is 4.49. The van der Waals surface area contributed by atoms with Crippen LogP contribution in [0, 0.1) is 0 Å². The Bertz CT molecular complexity index is 823. The van der Waals surface area contributed by atoms with Crippen molar-refractivity contribution in [3.63, 3.8) is 0 Å². The molecule has 0 bridgehead atoms. The monoisotopic (exact) mass is 360 g/mol. The van der Waals surface area contributed by atoms with Crippen molar-refractivity contribution in [2.24, 2.45) is 0 Å². The third-order valence-corrected chi connectivity index (χ3v) is 4.37. The van der Waals surface area contributed by atoms with Crippen LogP contribution in [0.2, 0.25) is 10.0 Å². The van der Waals surface area contributed by atoms with Crippen molar-refractivity contribution in [1.82, 2.24) is 10.3 Å². The molecular formula is C19H18Cl2N2O. The van der Waals surface area contributed by atoms with E-state index >= 15 is 0 Å². The number of rotatable bonds is 7. The SMILES string of the molecule is Clc1ccc(CNCCCOc2ccc3ccccc3n2)cc1Cl. The van der Waals surface area contributed by atoms with Crippen molar-refractivity contribution in [2.45, 2.75) is 13.0 Å². The molecule has 24 heavy (non-hydrogen) atoms. The van der Waals surface area contributed by atoms with Gasteiger partial charge in [-0.2, -0.15) is 0 Å². The fourth-order valence-electron chi connectivity index (χ4n) is 2.38. The molecule has 1 N–H and O–H groups in total. The largest absolute Gasteiger partial charge is 0.478 e. The number of benzene rings is 2. The highest BCUT2D eigenvalue weighted by molar-refractivity contribution is 6.42. The molecule has 0 aliphatic heterocycles. The molecule has 1 heterocycles. The summed E-state index contributed by atoms with van der Waals surface area (Å²) in [6, 6.07) is 17.6. The lowest BCUT2D eigenvalue weighted by Crippen LogP contribution is -2.17. The number of pyridine rings is 1. The van der Waals surface area contributed by atoms with Gasteiger partial charge in [0, 0.05) is 18.0 Å². The van der Waals surface area contributed by atoms with E-state index < -0.39 is 0 Å². The number of aromatic nitrogens is 1. The van der Waals surface area contributed by atoms with Gasteiger partial charge < -0.3 is 10.1 Å². The van der Waals surface area contributed by atoms with Gasteiger partial charge in [0.1, 0.15) is 0 Å². The minimum Gasteiger partial charge on any atom is -0.478 e. The highest BCUT2D eigenvalue weighted by atomic mass is 35.5. The normalized spacial score (nSPS) is 10.9. The van der Waals surface area contributed by atoms with Gasteiger partial charge in [-0.05, 0) is 42.8 Å². The summed E-state index contributed by atoms with van der Waals surface area (Å²) < 4.78 is 5.71. The van der Waals surface area contributed by atoms with Gasteiger partial charge in [-0.1, -0.05) is 47.5 Å². The molecule has 5 heteroatoms. The second-order valence-corrected chi connectivity index (χ2v) is 6.28. The molecule has 0 saturated heterocycles. The van der Waals surface area contributed by atoms with Gasteiger partial charge in [0.05, 0.1) is 22.2 Å². The van der Waals surface area contributed by atoms with Crippen LogP contribution in [0.3, 0.4) is 0 Å². The van der Waals surface area contributed by atoms with Crippen LogP contribution in [0.15, 0.2) is 54.6 Å². The maximum atomic E-state index is 6.00. The van der Waals surface area contributed by atoms with E-state index in [9.17, 15) is 0 Å². The molecule has 0 aliphatic carbocycles. The van der Waals surface area contributed by atoms with E-state index in [1.165, 1.54) is 0 Å². The molecule has 3 aromatic rings. The van der Waals surface area contributed by atoms with Gasteiger partial charge in [-0.3, -0.25) is 0 Å². The average molecular weight is 361 g/mol. The second kappa shape index (κ2) is 8.34. The lowest BCUT2D eigenvalue weighted by Gasteiger charge is -2.08. The van der Waals surface area contributed by atoms with Crippen molar-refractivity contribution in [3.05, 3.63) is 70.2 Å². The van der Waals surface area contributed by atoms with E-state index in [0.717, 1.165) is 36.0 Å². The lowest BCUT2D eigenvalue weighted by molar-refractivity contribution is 0.298. The summed E-state index contributed by atoms with van der Waals surface area (Å²) >= 11 is 11.9. The number of halogens is 2. The Hall–Kier alpha value is -1.81. The first-order valence-corrected chi connectivity index (χ1v) is 8.61. The van der Waals surface area contributed by atoms with Crippen molar-refractivity contribution >= 4 is 34.1 Å². The molecule has 0 radical (unpaired) electrons. The van der Waals surface area contributed by atoms with Crippen molar-refractivity contribution in [3.8, 4) is 5.88 Å². The Morgan fingerprint density at radius 1 is 0.958 bits per heavy atom. The molecule has 0 aliphatic rings. The van der Waals surface area contributed by atoms with Gasteiger partial charge in [-0.25, -0.2) is 4.98 Å². The number of nitrogens with one attached hydrogen (secondary N) is 1. The lowest BCUT2D eigenvalue weighted by atomic mass is 10.2. The van der Waals surface area contributed by atoms with Crippen molar-refractivity contribution < 1.29 is 4.74 Å². The molecule has 0 atom stereocenters. The van der Waals surface area contributed by atoms with Crippen LogP contribution in [-0.4, -0.2) is 18.1 Å². The van der Waals surface area contributed by atoms with Crippen LogP contribution in [0.25, 0.3) is 10.9 Å². The van der Waals surface area contributed by atoms with E-state index in [2.05, 4.69) is 10.3 Å². The van der Waals surface area contributed by atoms with Crippen LogP contribution in [0.5, 0.6) is 5.88 Å². The summed E-state index contributed by atoms with van der Waals surface area (Å²) in [6.45, 7) is 2.23. The first kappa shape index (κ1) is 17.0. The molecule has 0 unspecified atom stereocenters. The molecule has 0 fully saturated rings. The molecular weight excluding hydrogens is 343 g/mol. The smallest absolute Gasteiger partial charge is 0.213 e. The molecule has 2 aromatic carbocycles. The fraction of sp³-hybridized carbons (Fsp3) is 0.211. The van der Waals surface area contributed by atoms with E-state index in [1.807, 2.05) is 54.6 Å². The number of nitrogens with zero attached hydrogens (tertiary/aromatic N) is 1. The predicted octanol–water partition coefficient (Wildman–Crippen LogP) is 5.10. The van der Waals surface area contributed by atoms with Crippen LogP contribution in [0.1, 0.15) is 12.0 Å². The summed E-state index contributed by atoms with van der Waals surface area (Å²) in [5.41, 5.74) is 2.06. The van der Waals surface area contributed by atoms with E-state index in [4.69, 9.17) is 27.9 Å². The zero-order valence-corrected chi connectivity index (χ0v) is 14.6.